The van der Waals surface area contributed by atoms with Gasteiger partial charge < -0.3 is 10.2 Å². The lowest BCUT2D eigenvalue weighted by Crippen LogP contribution is -1.77. The first kappa shape index (κ1) is 18.0. The van der Waals surface area contributed by atoms with E-state index in [1.54, 1.807) is 0 Å². The van der Waals surface area contributed by atoms with Crippen LogP contribution >= 0.6 is 0 Å². The van der Waals surface area contributed by atoms with Gasteiger partial charge >= 0.3 is 0 Å². The van der Waals surface area contributed by atoms with Gasteiger partial charge in [0, 0.05) is 10.8 Å². The van der Waals surface area contributed by atoms with Gasteiger partial charge in [0.2, 0.25) is 0 Å². The lowest BCUT2D eigenvalue weighted by atomic mass is 10.0. The van der Waals surface area contributed by atoms with Crippen molar-refractivity contribution in [2.45, 2.75) is 0 Å². The summed E-state index contributed by atoms with van der Waals surface area (Å²) in [6, 6.07) is 35.7. The van der Waals surface area contributed by atoms with Crippen LogP contribution in [0.1, 0.15) is 0 Å². The van der Waals surface area contributed by atoms with E-state index in [2.05, 4.69) is 12.1 Å². The normalized spacial score (nSPS) is 10.9. The highest BCUT2D eigenvalue weighted by Gasteiger charge is 2.04. The molecule has 0 atom stereocenters. The van der Waals surface area contributed by atoms with Crippen molar-refractivity contribution < 1.29 is 10.2 Å². The van der Waals surface area contributed by atoms with E-state index in [0.29, 0.717) is 11.5 Å². The van der Waals surface area contributed by atoms with Crippen LogP contribution in [0.4, 0.5) is 0 Å². The summed E-state index contributed by atoms with van der Waals surface area (Å²) in [4.78, 5) is 0. The van der Waals surface area contributed by atoms with Crippen molar-refractivity contribution in [2.24, 2.45) is 0 Å². The fraction of sp³-hybridized carbons (Fsp3) is 0. The van der Waals surface area contributed by atoms with Gasteiger partial charge in [-0.1, -0.05) is 97.1 Å². The number of benzene rings is 6. The Morgan fingerprint density at radius 2 is 0.633 bits per heavy atom. The van der Waals surface area contributed by atoms with Crippen molar-refractivity contribution in [1.82, 2.24) is 0 Å². The van der Waals surface area contributed by atoms with Gasteiger partial charge in [-0.15, -0.1) is 0 Å². The fourth-order valence-electron chi connectivity index (χ4n) is 4.07. The number of aromatic hydroxyl groups is 2. The zero-order valence-electron chi connectivity index (χ0n) is 16.3. The summed E-state index contributed by atoms with van der Waals surface area (Å²) in [6.07, 6.45) is 0. The van der Waals surface area contributed by atoms with Gasteiger partial charge in [0.25, 0.3) is 0 Å². The molecular formula is C28H20O2. The van der Waals surface area contributed by atoms with Crippen LogP contribution < -0.4 is 0 Å². The van der Waals surface area contributed by atoms with Gasteiger partial charge in [-0.3, -0.25) is 0 Å². The molecule has 0 aliphatic carbocycles. The highest BCUT2D eigenvalue weighted by Crippen LogP contribution is 2.33. The quantitative estimate of drug-likeness (QED) is 0.266. The maximum Gasteiger partial charge on any atom is 0.124 e. The molecule has 30 heavy (non-hydrogen) atoms. The monoisotopic (exact) mass is 388 g/mol. The van der Waals surface area contributed by atoms with Gasteiger partial charge in [-0.25, -0.2) is 0 Å². The minimum absolute atomic E-state index is 0.351. The number of hydrogen-bond donors (Lipinski definition) is 2. The Bertz CT molecular complexity index is 1400. The van der Waals surface area contributed by atoms with Crippen LogP contribution in [0.3, 0.4) is 0 Å². The van der Waals surface area contributed by atoms with E-state index in [9.17, 15) is 10.2 Å². The number of hydrogen-bond acceptors (Lipinski definition) is 2. The molecule has 0 fully saturated rings. The van der Waals surface area contributed by atoms with Gasteiger partial charge in [0.1, 0.15) is 11.5 Å². The van der Waals surface area contributed by atoms with Crippen molar-refractivity contribution in [2.75, 3.05) is 0 Å². The number of fused-ring (bicyclic) bond motifs is 6. The molecule has 0 radical (unpaired) electrons. The van der Waals surface area contributed by atoms with Crippen LogP contribution in [-0.4, -0.2) is 10.2 Å². The van der Waals surface area contributed by atoms with E-state index in [-0.39, 0.29) is 0 Å². The third-order valence-electron chi connectivity index (χ3n) is 5.49. The van der Waals surface area contributed by atoms with Crippen molar-refractivity contribution >= 4 is 43.1 Å². The Labute approximate surface area is 174 Å². The highest BCUT2D eigenvalue weighted by molar-refractivity contribution is 6.10. The molecule has 0 aromatic heterocycles. The molecule has 0 unspecified atom stereocenters. The second kappa shape index (κ2) is 7.41. The zero-order chi connectivity index (χ0) is 20.5. The predicted octanol–water partition coefficient (Wildman–Crippen LogP) is 7.40. The molecule has 0 aliphatic rings. The summed E-state index contributed by atoms with van der Waals surface area (Å²) in [5, 5.41) is 28.3. The van der Waals surface area contributed by atoms with Crippen molar-refractivity contribution in [1.29, 1.82) is 0 Å². The first-order valence-corrected chi connectivity index (χ1v) is 9.91. The molecule has 2 heteroatoms. The van der Waals surface area contributed by atoms with Gasteiger partial charge in [0.15, 0.2) is 0 Å². The third kappa shape index (κ3) is 3.09. The number of rotatable bonds is 0. The van der Waals surface area contributed by atoms with E-state index < -0.39 is 0 Å². The second-order valence-electron chi connectivity index (χ2n) is 7.32. The molecule has 2 N–H and O–H groups in total. The molecule has 6 aromatic rings. The largest absolute Gasteiger partial charge is 0.507 e. The van der Waals surface area contributed by atoms with E-state index >= 15 is 0 Å². The number of phenolic OH excluding ortho intramolecular Hbond substituents is 2. The predicted molar refractivity (Wildman–Crippen MR) is 126 cm³/mol. The lowest BCUT2D eigenvalue weighted by molar-refractivity contribution is 0.482. The average molecular weight is 388 g/mol. The molecule has 0 saturated heterocycles. The van der Waals surface area contributed by atoms with Crippen LogP contribution in [-0.2, 0) is 0 Å². The molecule has 6 rings (SSSR count). The smallest absolute Gasteiger partial charge is 0.124 e. The summed E-state index contributed by atoms with van der Waals surface area (Å²) >= 11 is 0. The van der Waals surface area contributed by atoms with Crippen LogP contribution in [0, 0.1) is 0 Å². The van der Waals surface area contributed by atoms with E-state index in [0.717, 1.165) is 32.3 Å². The van der Waals surface area contributed by atoms with E-state index in [1.165, 1.54) is 10.8 Å². The summed E-state index contributed by atoms with van der Waals surface area (Å²) < 4.78 is 0. The fourth-order valence-corrected chi connectivity index (χ4v) is 4.07. The summed E-state index contributed by atoms with van der Waals surface area (Å²) in [5.74, 6) is 0.702. The maximum absolute atomic E-state index is 9.87. The standard InChI is InChI=1S/2C14H10O/c2*15-14-9-10-5-1-2-6-11(10)12-7-3-4-8-13(12)14/h2*1-9,15H. The SMILES string of the molecule is Oc1cc2ccccc2c2ccccc12.Oc1cc2ccccc2c2ccccc12. The van der Waals surface area contributed by atoms with Crippen molar-refractivity contribution in [3.63, 3.8) is 0 Å². The Hall–Kier alpha value is -4.04. The minimum atomic E-state index is 0.351. The van der Waals surface area contributed by atoms with Crippen molar-refractivity contribution in [3.8, 4) is 11.5 Å². The molecule has 0 saturated carbocycles. The summed E-state index contributed by atoms with van der Waals surface area (Å²) in [6.45, 7) is 0. The topological polar surface area (TPSA) is 40.5 Å². The average Bonchev–Trinajstić information content (AvgIpc) is 2.80. The molecule has 2 nitrogen and oxygen atoms in total. The highest BCUT2D eigenvalue weighted by atomic mass is 16.3. The lowest BCUT2D eigenvalue weighted by Gasteiger charge is -2.05. The Morgan fingerprint density at radius 3 is 1.03 bits per heavy atom. The first-order chi connectivity index (χ1) is 14.7. The van der Waals surface area contributed by atoms with Crippen LogP contribution in [0.2, 0.25) is 0 Å². The molecule has 0 spiro atoms. The third-order valence-corrected chi connectivity index (χ3v) is 5.49. The molecule has 0 heterocycles. The van der Waals surface area contributed by atoms with Crippen molar-refractivity contribution in [3.05, 3.63) is 109 Å². The van der Waals surface area contributed by atoms with Crippen LogP contribution in [0.5, 0.6) is 11.5 Å². The van der Waals surface area contributed by atoms with E-state index in [4.69, 9.17) is 0 Å². The minimum Gasteiger partial charge on any atom is -0.507 e. The molecule has 144 valence electrons. The van der Waals surface area contributed by atoms with Crippen LogP contribution in [0.15, 0.2) is 109 Å². The molecule has 0 bridgehead atoms. The zero-order valence-corrected chi connectivity index (χ0v) is 16.3. The Kier molecular flexibility index (Phi) is 4.45. The van der Waals surface area contributed by atoms with Gasteiger partial charge in [-0.05, 0) is 44.5 Å². The summed E-state index contributed by atoms with van der Waals surface area (Å²) in [7, 11) is 0. The molecule has 0 amide bonds. The summed E-state index contributed by atoms with van der Waals surface area (Å²) in [5.41, 5.74) is 0. The number of phenols is 2. The van der Waals surface area contributed by atoms with E-state index in [1.807, 2.05) is 97.1 Å². The van der Waals surface area contributed by atoms with Gasteiger partial charge in [0.05, 0.1) is 0 Å². The first-order valence-electron chi connectivity index (χ1n) is 9.91. The Morgan fingerprint density at radius 1 is 0.333 bits per heavy atom. The van der Waals surface area contributed by atoms with Gasteiger partial charge in [-0.2, -0.15) is 0 Å². The van der Waals surface area contributed by atoms with Crippen LogP contribution in [0.25, 0.3) is 43.1 Å². The molecule has 6 aromatic carbocycles. The second-order valence-corrected chi connectivity index (χ2v) is 7.32. The molecular weight excluding hydrogens is 368 g/mol. The molecule has 0 aliphatic heterocycles. The Balaban J connectivity index is 0.000000128. The maximum atomic E-state index is 9.87.